The van der Waals surface area contributed by atoms with Crippen molar-refractivity contribution in [3.8, 4) is 0 Å². The van der Waals surface area contributed by atoms with Crippen LogP contribution in [0.1, 0.15) is 37.9 Å². The lowest BCUT2D eigenvalue weighted by atomic mass is 9.96. The number of hydrogen-bond donors (Lipinski definition) is 1. The number of carbonyl (C=O) groups is 1. The molecule has 1 N–H and O–H groups in total. The van der Waals surface area contributed by atoms with Crippen molar-refractivity contribution in [3.05, 3.63) is 17.6 Å². The third-order valence-corrected chi connectivity index (χ3v) is 3.65. The summed E-state index contributed by atoms with van der Waals surface area (Å²) in [6, 6.07) is 0. The zero-order valence-corrected chi connectivity index (χ0v) is 11.8. The number of rotatable bonds is 5. The van der Waals surface area contributed by atoms with Gasteiger partial charge in [-0.2, -0.15) is 0 Å². The fourth-order valence-corrected chi connectivity index (χ4v) is 2.52. The molecule has 1 heterocycles. The van der Waals surface area contributed by atoms with Gasteiger partial charge >= 0.3 is 0 Å². The molecule has 1 aromatic heterocycles. The number of aromatic nitrogens is 2. The van der Waals surface area contributed by atoms with Gasteiger partial charge in [0, 0.05) is 24.3 Å². The van der Waals surface area contributed by atoms with Crippen LogP contribution in [-0.2, 0) is 17.6 Å². The Hall–Kier alpha value is -1.65. The summed E-state index contributed by atoms with van der Waals surface area (Å²) < 4.78 is 0. The topological polar surface area (TPSA) is 58.1 Å². The molecule has 1 amide bonds. The Morgan fingerprint density at radius 2 is 2.00 bits per heavy atom. The molecule has 104 valence electrons. The Morgan fingerprint density at radius 3 is 2.74 bits per heavy atom. The molecule has 1 aliphatic carbocycles. The Bertz CT molecular complexity index is 443. The fraction of sp³-hybridized carbons (Fsp3) is 0.643. The van der Waals surface area contributed by atoms with E-state index >= 15 is 0 Å². The van der Waals surface area contributed by atoms with E-state index in [0.717, 1.165) is 37.4 Å². The van der Waals surface area contributed by atoms with E-state index in [-0.39, 0.29) is 5.91 Å². The molecule has 0 spiro atoms. The SMILES string of the molecule is CCN(CC)C(=O)CNc1ncnc2c1CCCC2. The zero-order chi connectivity index (χ0) is 13.7. The van der Waals surface area contributed by atoms with Crippen LogP contribution in [-0.4, -0.2) is 40.4 Å². The van der Waals surface area contributed by atoms with Gasteiger partial charge in [-0.25, -0.2) is 9.97 Å². The van der Waals surface area contributed by atoms with E-state index in [4.69, 9.17) is 0 Å². The van der Waals surface area contributed by atoms with Crippen molar-refractivity contribution in [2.45, 2.75) is 39.5 Å². The summed E-state index contributed by atoms with van der Waals surface area (Å²) in [7, 11) is 0. The summed E-state index contributed by atoms with van der Waals surface area (Å²) in [6.45, 7) is 5.80. The first-order chi connectivity index (χ1) is 9.26. The number of likely N-dealkylation sites (N-methyl/N-ethyl adjacent to an activating group) is 1. The maximum absolute atomic E-state index is 12.0. The van der Waals surface area contributed by atoms with Crippen LogP contribution >= 0.6 is 0 Å². The van der Waals surface area contributed by atoms with Gasteiger partial charge in [0.15, 0.2) is 0 Å². The van der Waals surface area contributed by atoms with E-state index in [0.29, 0.717) is 6.54 Å². The monoisotopic (exact) mass is 262 g/mol. The molecular weight excluding hydrogens is 240 g/mol. The van der Waals surface area contributed by atoms with Crippen LogP contribution in [0.3, 0.4) is 0 Å². The molecule has 0 aliphatic heterocycles. The highest BCUT2D eigenvalue weighted by Crippen LogP contribution is 2.24. The van der Waals surface area contributed by atoms with E-state index in [1.165, 1.54) is 18.4 Å². The van der Waals surface area contributed by atoms with Gasteiger partial charge in [0.1, 0.15) is 12.1 Å². The summed E-state index contributed by atoms with van der Waals surface area (Å²) in [6.07, 6.45) is 6.00. The average molecular weight is 262 g/mol. The standard InChI is InChI=1S/C14H22N4O/c1-3-18(4-2)13(19)9-15-14-11-7-5-6-8-12(11)16-10-17-14/h10H,3-9H2,1-2H3,(H,15,16,17). The quantitative estimate of drug-likeness (QED) is 0.876. The summed E-state index contributed by atoms with van der Waals surface area (Å²) in [4.78, 5) is 22.4. The van der Waals surface area contributed by atoms with Gasteiger partial charge in [0.05, 0.1) is 6.54 Å². The molecule has 1 aliphatic rings. The largest absolute Gasteiger partial charge is 0.361 e. The maximum atomic E-state index is 12.0. The molecule has 0 fully saturated rings. The highest BCUT2D eigenvalue weighted by atomic mass is 16.2. The molecule has 2 rings (SSSR count). The lowest BCUT2D eigenvalue weighted by molar-refractivity contribution is -0.128. The van der Waals surface area contributed by atoms with Crippen LogP contribution in [0.15, 0.2) is 6.33 Å². The number of carbonyl (C=O) groups excluding carboxylic acids is 1. The van der Waals surface area contributed by atoms with Gasteiger partial charge in [-0.1, -0.05) is 0 Å². The van der Waals surface area contributed by atoms with Crippen molar-refractivity contribution in [3.63, 3.8) is 0 Å². The third kappa shape index (κ3) is 3.22. The zero-order valence-electron chi connectivity index (χ0n) is 11.8. The second-order valence-corrected chi connectivity index (χ2v) is 4.77. The molecule has 1 aromatic rings. The number of amides is 1. The minimum atomic E-state index is 0.119. The molecular formula is C14H22N4O. The van der Waals surface area contributed by atoms with Gasteiger partial charge in [-0.15, -0.1) is 0 Å². The van der Waals surface area contributed by atoms with Gasteiger partial charge in [0.2, 0.25) is 5.91 Å². The number of aryl methyl sites for hydroxylation is 1. The third-order valence-electron chi connectivity index (χ3n) is 3.65. The van der Waals surface area contributed by atoms with E-state index in [2.05, 4.69) is 15.3 Å². The number of nitrogens with zero attached hydrogens (tertiary/aromatic N) is 3. The van der Waals surface area contributed by atoms with Crippen LogP contribution in [0, 0.1) is 0 Å². The first-order valence-corrected chi connectivity index (χ1v) is 7.10. The molecule has 0 aromatic carbocycles. The van der Waals surface area contributed by atoms with E-state index < -0.39 is 0 Å². The molecule has 0 saturated carbocycles. The van der Waals surface area contributed by atoms with Crippen LogP contribution in [0.4, 0.5) is 5.82 Å². The molecule has 19 heavy (non-hydrogen) atoms. The molecule has 5 nitrogen and oxygen atoms in total. The van der Waals surface area contributed by atoms with Crippen molar-refractivity contribution in [1.29, 1.82) is 0 Å². The van der Waals surface area contributed by atoms with Crippen LogP contribution in [0.2, 0.25) is 0 Å². The van der Waals surface area contributed by atoms with Crippen molar-refractivity contribution < 1.29 is 4.79 Å². The Balaban J connectivity index is 2.02. The van der Waals surface area contributed by atoms with Crippen molar-refractivity contribution in [2.24, 2.45) is 0 Å². The number of fused-ring (bicyclic) bond motifs is 1. The van der Waals surface area contributed by atoms with Crippen LogP contribution < -0.4 is 5.32 Å². The Labute approximate surface area is 114 Å². The minimum Gasteiger partial charge on any atom is -0.361 e. The fourth-order valence-electron chi connectivity index (χ4n) is 2.52. The maximum Gasteiger partial charge on any atom is 0.241 e. The number of nitrogens with one attached hydrogen (secondary N) is 1. The second kappa shape index (κ2) is 6.50. The highest BCUT2D eigenvalue weighted by Gasteiger charge is 2.16. The first-order valence-electron chi connectivity index (χ1n) is 7.10. The molecule has 0 saturated heterocycles. The van der Waals surface area contributed by atoms with Crippen LogP contribution in [0.25, 0.3) is 0 Å². The van der Waals surface area contributed by atoms with Gasteiger partial charge in [0.25, 0.3) is 0 Å². The lowest BCUT2D eigenvalue weighted by Gasteiger charge is -2.21. The normalized spacial score (nSPS) is 13.8. The molecule has 5 heteroatoms. The predicted octanol–water partition coefficient (Wildman–Crippen LogP) is 1.64. The summed E-state index contributed by atoms with van der Waals surface area (Å²) in [5, 5.41) is 3.18. The van der Waals surface area contributed by atoms with Gasteiger partial charge in [-0.3, -0.25) is 4.79 Å². The summed E-state index contributed by atoms with van der Waals surface area (Å²) in [5.74, 6) is 0.957. The van der Waals surface area contributed by atoms with Crippen LogP contribution in [0.5, 0.6) is 0 Å². The molecule has 0 unspecified atom stereocenters. The van der Waals surface area contributed by atoms with Gasteiger partial charge in [-0.05, 0) is 39.5 Å². The van der Waals surface area contributed by atoms with Crippen molar-refractivity contribution in [1.82, 2.24) is 14.9 Å². The highest BCUT2D eigenvalue weighted by molar-refractivity contribution is 5.80. The summed E-state index contributed by atoms with van der Waals surface area (Å²) >= 11 is 0. The first kappa shape index (κ1) is 13.8. The predicted molar refractivity (Wildman–Crippen MR) is 75.1 cm³/mol. The smallest absolute Gasteiger partial charge is 0.241 e. The van der Waals surface area contributed by atoms with E-state index in [1.54, 1.807) is 6.33 Å². The molecule has 0 atom stereocenters. The van der Waals surface area contributed by atoms with E-state index in [9.17, 15) is 4.79 Å². The second-order valence-electron chi connectivity index (χ2n) is 4.77. The lowest BCUT2D eigenvalue weighted by Crippen LogP contribution is -2.35. The van der Waals surface area contributed by atoms with Crippen molar-refractivity contribution in [2.75, 3.05) is 25.0 Å². The van der Waals surface area contributed by atoms with Crippen molar-refractivity contribution >= 4 is 11.7 Å². The summed E-state index contributed by atoms with van der Waals surface area (Å²) in [5.41, 5.74) is 2.33. The average Bonchev–Trinajstić information content (AvgIpc) is 2.46. The number of anilines is 1. The van der Waals surface area contributed by atoms with Gasteiger partial charge < -0.3 is 10.2 Å². The Morgan fingerprint density at radius 1 is 1.26 bits per heavy atom. The molecule has 0 bridgehead atoms. The minimum absolute atomic E-state index is 0.119. The van der Waals surface area contributed by atoms with E-state index in [1.807, 2.05) is 18.7 Å². The Kier molecular flexibility index (Phi) is 4.71. The number of hydrogen-bond acceptors (Lipinski definition) is 4. The molecule has 0 radical (unpaired) electrons.